The number of rotatable bonds is 3. The van der Waals surface area contributed by atoms with Crippen LogP contribution in [0.25, 0.3) is 0 Å². The zero-order valence-corrected chi connectivity index (χ0v) is 10.0. The van der Waals surface area contributed by atoms with E-state index in [9.17, 15) is 0 Å². The second-order valence-electron chi connectivity index (χ2n) is 4.01. The van der Waals surface area contributed by atoms with Gasteiger partial charge in [0, 0.05) is 4.88 Å². The van der Waals surface area contributed by atoms with Crippen LogP contribution in [0.5, 0.6) is 0 Å². The van der Waals surface area contributed by atoms with Gasteiger partial charge in [-0.15, -0.1) is 0 Å². The van der Waals surface area contributed by atoms with Gasteiger partial charge in [0.25, 0.3) is 0 Å². The Kier molecular flexibility index (Phi) is 3.48. The number of hydrogen-bond donors (Lipinski definition) is 0. The van der Waals surface area contributed by atoms with Crippen LogP contribution in [0.15, 0.2) is 0 Å². The number of aryl methyl sites for hydroxylation is 1. The summed E-state index contributed by atoms with van der Waals surface area (Å²) in [6.07, 6.45) is 1.21. The summed E-state index contributed by atoms with van der Waals surface area (Å²) in [5, 5.41) is 0. The van der Waals surface area contributed by atoms with Crippen LogP contribution in [0.4, 0.5) is 0 Å². The first-order valence-electron chi connectivity index (χ1n) is 5.04. The van der Waals surface area contributed by atoms with Gasteiger partial charge in [0.15, 0.2) is 0 Å². The van der Waals surface area contributed by atoms with Crippen molar-refractivity contribution >= 4 is 11.5 Å². The summed E-state index contributed by atoms with van der Waals surface area (Å²) in [6, 6.07) is 0. The van der Waals surface area contributed by atoms with Crippen molar-refractivity contribution in [3.63, 3.8) is 0 Å². The maximum absolute atomic E-state index is 4.45. The molecular weight excluding hydrogens is 178 g/mol. The van der Waals surface area contributed by atoms with Gasteiger partial charge in [-0.3, -0.25) is 0 Å². The molecule has 0 aliphatic heterocycles. The molecule has 0 bridgehead atoms. The quantitative estimate of drug-likeness (QED) is 0.711. The summed E-state index contributed by atoms with van der Waals surface area (Å²) in [5.74, 6) is 1.28. The average molecular weight is 197 g/mol. The SMILES string of the molecule is CCC(C)c1c(C)nsc1C(C)C. The Balaban J connectivity index is 3.08. The van der Waals surface area contributed by atoms with Crippen LogP contribution in [0, 0.1) is 6.92 Å². The van der Waals surface area contributed by atoms with E-state index in [-0.39, 0.29) is 0 Å². The van der Waals surface area contributed by atoms with Crippen molar-refractivity contribution in [1.29, 1.82) is 0 Å². The summed E-state index contributed by atoms with van der Waals surface area (Å²) in [7, 11) is 0. The summed E-state index contributed by atoms with van der Waals surface area (Å²) in [6.45, 7) is 11.2. The first-order chi connectivity index (χ1) is 6.07. The summed E-state index contributed by atoms with van der Waals surface area (Å²) < 4.78 is 4.45. The molecular formula is C11H19NS. The van der Waals surface area contributed by atoms with Gasteiger partial charge < -0.3 is 0 Å². The third kappa shape index (κ3) is 2.11. The van der Waals surface area contributed by atoms with Crippen molar-refractivity contribution in [3.05, 3.63) is 16.1 Å². The molecule has 1 aromatic heterocycles. The minimum atomic E-state index is 0.621. The van der Waals surface area contributed by atoms with Crippen molar-refractivity contribution in [2.75, 3.05) is 0 Å². The lowest BCUT2D eigenvalue weighted by atomic mass is 9.94. The highest BCUT2D eigenvalue weighted by molar-refractivity contribution is 7.06. The Morgan fingerprint density at radius 1 is 1.31 bits per heavy atom. The highest BCUT2D eigenvalue weighted by atomic mass is 32.1. The molecule has 0 fully saturated rings. The lowest BCUT2D eigenvalue weighted by Gasteiger charge is -2.12. The second-order valence-corrected chi connectivity index (χ2v) is 4.81. The average Bonchev–Trinajstić information content (AvgIpc) is 2.46. The molecule has 0 radical (unpaired) electrons. The molecule has 1 nitrogen and oxygen atoms in total. The largest absolute Gasteiger partial charge is 0.197 e. The molecule has 74 valence electrons. The Morgan fingerprint density at radius 3 is 2.38 bits per heavy atom. The molecule has 0 aromatic carbocycles. The Bertz CT molecular complexity index is 276. The van der Waals surface area contributed by atoms with Crippen LogP contribution in [-0.2, 0) is 0 Å². The molecule has 0 aliphatic carbocycles. The van der Waals surface area contributed by atoms with Gasteiger partial charge in [0.1, 0.15) is 0 Å². The molecule has 1 unspecified atom stereocenters. The van der Waals surface area contributed by atoms with E-state index in [2.05, 4.69) is 39.0 Å². The van der Waals surface area contributed by atoms with E-state index < -0.39 is 0 Å². The summed E-state index contributed by atoms with van der Waals surface area (Å²) in [5.41, 5.74) is 2.74. The molecule has 0 saturated carbocycles. The molecule has 0 aliphatic rings. The molecule has 0 amide bonds. The number of aromatic nitrogens is 1. The fourth-order valence-corrected chi connectivity index (χ4v) is 2.61. The smallest absolute Gasteiger partial charge is 0.0548 e. The number of hydrogen-bond acceptors (Lipinski definition) is 2. The summed E-state index contributed by atoms with van der Waals surface area (Å²) in [4.78, 5) is 1.48. The van der Waals surface area contributed by atoms with E-state index in [4.69, 9.17) is 0 Å². The van der Waals surface area contributed by atoms with Gasteiger partial charge in [-0.1, -0.05) is 27.7 Å². The lowest BCUT2D eigenvalue weighted by molar-refractivity contribution is 0.709. The van der Waals surface area contributed by atoms with Crippen LogP contribution >= 0.6 is 11.5 Å². The van der Waals surface area contributed by atoms with Gasteiger partial charge in [-0.25, -0.2) is 0 Å². The molecule has 1 heterocycles. The van der Waals surface area contributed by atoms with E-state index in [0.29, 0.717) is 11.8 Å². The lowest BCUT2D eigenvalue weighted by Crippen LogP contribution is -1.97. The van der Waals surface area contributed by atoms with Gasteiger partial charge in [0.2, 0.25) is 0 Å². The number of nitrogens with zero attached hydrogens (tertiary/aromatic N) is 1. The van der Waals surface area contributed by atoms with Crippen LogP contribution in [0.3, 0.4) is 0 Å². The minimum absolute atomic E-state index is 0.621. The van der Waals surface area contributed by atoms with E-state index in [1.54, 1.807) is 11.5 Å². The fraction of sp³-hybridized carbons (Fsp3) is 0.727. The minimum Gasteiger partial charge on any atom is -0.197 e. The third-order valence-electron chi connectivity index (χ3n) is 2.57. The van der Waals surface area contributed by atoms with Crippen molar-refractivity contribution in [3.8, 4) is 0 Å². The van der Waals surface area contributed by atoms with E-state index in [1.165, 1.54) is 22.6 Å². The van der Waals surface area contributed by atoms with Crippen molar-refractivity contribution in [2.24, 2.45) is 0 Å². The molecule has 13 heavy (non-hydrogen) atoms. The Hall–Kier alpha value is -0.370. The van der Waals surface area contributed by atoms with Gasteiger partial charge in [-0.2, -0.15) is 4.37 Å². The highest BCUT2D eigenvalue weighted by Gasteiger charge is 2.17. The summed E-state index contributed by atoms with van der Waals surface area (Å²) >= 11 is 1.68. The van der Waals surface area contributed by atoms with Crippen LogP contribution in [0.2, 0.25) is 0 Å². The van der Waals surface area contributed by atoms with Gasteiger partial charge in [0.05, 0.1) is 5.69 Å². The maximum Gasteiger partial charge on any atom is 0.0548 e. The molecule has 0 N–H and O–H groups in total. The molecule has 2 heteroatoms. The van der Waals surface area contributed by atoms with Crippen LogP contribution in [-0.4, -0.2) is 4.37 Å². The van der Waals surface area contributed by atoms with E-state index in [1.807, 2.05) is 0 Å². The van der Waals surface area contributed by atoms with Gasteiger partial charge >= 0.3 is 0 Å². The van der Waals surface area contributed by atoms with Crippen LogP contribution < -0.4 is 0 Å². The molecule has 0 saturated heterocycles. The van der Waals surface area contributed by atoms with Gasteiger partial charge in [-0.05, 0) is 42.3 Å². The predicted octanol–water partition coefficient (Wildman–Crippen LogP) is 4.09. The molecule has 1 aromatic rings. The zero-order valence-electron chi connectivity index (χ0n) is 9.22. The third-order valence-corrected chi connectivity index (χ3v) is 3.82. The maximum atomic E-state index is 4.45. The van der Waals surface area contributed by atoms with Crippen LogP contribution in [0.1, 0.15) is 62.1 Å². The topological polar surface area (TPSA) is 12.9 Å². The second kappa shape index (κ2) is 4.23. The van der Waals surface area contributed by atoms with E-state index >= 15 is 0 Å². The fourth-order valence-electron chi connectivity index (χ4n) is 1.61. The Labute approximate surface area is 85.4 Å². The molecule has 1 atom stereocenters. The monoisotopic (exact) mass is 197 g/mol. The van der Waals surface area contributed by atoms with E-state index in [0.717, 1.165) is 0 Å². The van der Waals surface area contributed by atoms with Crippen molar-refractivity contribution in [1.82, 2.24) is 4.37 Å². The normalized spacial score (nSPS) is 13.7. The highest BCUT2D eigenvalue weighted by Crippen LogP contribution is 2.33. The first-order valence-corrected chi connectivity index (χ1v) is 5.81. The first kappa shape index (κ1) is 10.7. The predicted molar refractivity (Wildman–Crippen MR) is 59.6 cm³/mol. The van der Waals surface area contributed by atoms with Crippen molar-refractivity contribution < 1.29 is 0 Å². The Morgan fingerprint density at radius 2 is 1.92 bits per heavy atom. The zero-order chi connectivity index (χ0) is 10.0. The standard InChI is InChI=1S/C11H19NS/c1-6-8(4)10-9(5)12-13-11(10)7(2)3/h7-8H,6H2,1-5H3. The molecule has 1 rings (SSSR count). The molecule has 0 spiro atoms. The van der Waals surface area contributed by atoms with Crippen molar-refractivity contribution in [2.45, 2.75) is 52.9 Å².